The van der Waals surface area contributed by atoms with E-state index in [2.05, 4.69) is 10.4 Å². The van der Waals surface area contributed by atoms with Crippen LogP contribution in [-0.2, 0) is 9.59 Å². The quantitative estimate of drug-likeness (QED) is 0.800. The van der Waals surface area contributed by atoms with Crippen LogP contribution in [0.5, 0.6) is 0 Å². The predicted octanol–water partition coefficient (Wildman–Crippen LogP) is 2.05. The van der Waals surface area contributed by atoms with E-state index in [1.807, 2.05) is 13.8 Å². The van der Waals surface area contributed by atoms with E-state index in [0.29, 0.717) is 17.2 Å². The van der Waals surface area contributed by atoms with Crippen LogP contribution in [0.15, 0.2) is 30.3 Å². The molecule has 0 saturated carbocycles. The number of aryl methyl sites for hydroxylation is 1. The summed E-state index contributed by atoms with van der Waals surface area (Å²) in [5.74, 6) is -1.26. The zero-order chi connectivity index (χ0) is 18.6. The summed E-state index contributed by atoms with van der Waals surface area (Å²) in [5, 5.41) is 16.0. The standard InChI is InChI=1S/C17H21FN4O3/c1-11(2)21(10-17(24)25)9-16(23)19-15-8-12(3)20-22(15)14-6-4-13(18)5-7-14/h4-8,11H,9-10H2,1-3H3,(H,19,23)(H,24,25). The van der Waals surface area contributed by atoms with Crippen LogP contribution in [0.2, 0.25) is 0 Å². The summed E-state index contributed by atoms with van der Waals surface area (Å²) in [6.45, 7) is 5.14. The molecule has 1 aromatic heterocycles. The zero-order valence-electron chi connectivity index (χ0n) is 14.4. The fourth-order valence-electron chi connectivity index (χ4n) is 2.33. The number of hydrogen-bond acceptors (Lipinski definition) is 4. The summed E-state index contributed by atoms with van der Waals surface area (Å²) in [5.41, 5.74) is 1.29. The fraction of sp³-hybridized carbons (Fsp3) is 0.353. The molecule has 8 heteroatoms. The van der Waals surface area contributed by atoms with Gasteiger partial charge >= 0.3 is 5.97 Å². The van der Waals surface area contributed by atoms with Crippen LogP contribution < -0.4 is 5.32 Å². The van der Waals surface area contributed by atoms with Gasteiger partial charge in [0.25, 0.3) is 0 Å². The molecule has 0 radical (unpaired) electrons. The molecule has 2 aromatic rings. The Morgan fingerprint density at radius 3 is 2.48 bits per heavy atom. The first-order valence-corrected chi connectivity index (χ1v) is 7.84. The molecule has 1 aromatic carbocycles. The highest BCUT2D eigenvalue weighted by molar-refractivity contribution is 5.92. The first kappa shape index (κ1) is 18.6. The molecule has 0 aliphatic carbocycles. The van der Waals surface area contributed by atoms with Gasteiger partial charge < -0.3 is 10.4 Å². The lowest BCUT2D eigenvalue weighted by Gasteiger charge is -2.23. The monoisotopic (exact) mass is 348 g/mol. The van der Waals surface area contributed by atoms with Crippen LogP contribution in [-0.4, -0.2) is 50.8 Å². The van der Waals surface area contributed by atoms with Crippen LogP contribution in [0.3, 0.4) is 0 Å². The van der Waals surface area contributed by atoms with Gasteiger partial charge in [0.05, 0.1) is 24.5 Å². The number of carboxylic acids is 1. The van der Waals surface area contributed by atoms with Crippen molar-refractivity contribution in [3.63, 3.8) is 0 Å². The Labute approximate surface area is 145 Å². The number of halogens is 1. The molecule has 0 spiro atoms. The van der Waals surface area contributed by atoms with Gasteiger partial charge in [-0.05, 0) is 45.0 Å². The third-order valence-electron chi connectivity index (χ3n) is 3.59. The molecule has 1 amide bonds. The molecule has 2 rings (SSSR count). The number of hydrogen-bond donors (Lipinski definition) is 2. The van der Waals surface area contributed by atoms with Gasteiger partial charge in [-0.1, -0.05) is 0 Å². The topological polar surface area (TPSA) is 87.5 Å². The number of nitrogens with one attached hydrogen (secondary N) is 1. The Morgan fingerprint density at radius 1 is 1.28 bits per heavy atom. The number of carboxylic acid groups (broad SMARTS) is 1. The van der Waals surface area contributed by atoms with Crippen molar-refractivity contribution in [3.05, 3.63) is 41.8 Å². The highest BCUT2D eigenvalue weighted by Crippen LogP contribution is 2.17. The van der Waals surface area contributed by atoms with E-state index in [0.717, 1.165) is 0 Å². The van der Waals surface area contributed by atoms with Crippen molar-refractivity contribution in [2.45, 2.75) is 26.8 Å². The van der Waals surface area contributed by atoms with Crippen molar-refractivity contribution in [1.82, 2.24) is 14.7 Å². The van der Waals surface area contributed by atoms with Gasteiger partial charge in [0.2, 0.25) is 5.91 Å². The van der Waals surface area contributed by atoms with Gasteiger partial charge in [0.1, 0.15) is 11.6 Å². The summed E-state index contributed by atoms with van der Waals surface area (Å²) < 4.78 is 14.6. The lowest BCUT2D eigenvalue weighted by atomic mass is 10.3. The van der Waals surface area contributed by atoms with Gasteiger partial charge in [-0.25, -0.2) is 9.07 Å². The van der Waals surface area contributed by atoms with E-state index in [1.165, 1.54) is 16.8 Å². The number of carbonyl (C=O) groups is 2. The lowest BCUT2D eigenvalue weighted by Crippen LogP contribution is -2.41. The molecule has 0 unspecified atom stereocenters. The molecular formula is C17H21FN4O3. The molecule has 0 aliphatic heterocycles. The summed E-state index contributed by atoms with van der Waals surface area (Å²) in [7, 11) is 0. The minimum Gasteiger partial charge on any atom is -0.480 e. The number of rotatable bonds is 7. The molecule has 0 bridgehead atoms. The van der Waals surface area contributed by atoms with Gasteiger partial charge in [-0.3, -0.25) is 14.5 Å². The van der Waals surface area contributed by atoms with E-state index in [1.54, 1.807) is 30.0 Å². The van der Waals surface area contributed by atoms with Crippen molar-refractivity contribution in [2.24, 2.45) is 0 Å². The smallest absolute Gasteiger partial charge is 0.317 e. The second-order valence-electron chi connectivity index (χ2n) is 6.00. The first-order chi connectivity index (χ1) is 11.8. The molecule has 0 atom stereocenters. The van der Waals surface area contributed by atoms with E-state index in [-0.39, 0.29) is 30.9 Å². The van der Waals surface area contributed by atoms with Crippen LogP contribution in [0.25, 0.3) is 5.69 Å². The third kappa shape index (κ3) is 5.12. The Bertz CT molecular complexity index is 756. The molecular weight excluding hydrogens is 327 g/mol. The van der Waals surface area contributed by atoms with Gasteiger partial charge in [-0.2, -0.15) is 5.10 Å². The molecule has 2 N–H and O–H groups in total. The number of aliphatic carboxylic acids is 1. The largest absolute Gasteiger partial charge is 0.480 e. The van der Waals surface area contributed by atoms with Crippen molar-refractivity contribution in [2.75, 3.05) is 18.4 Å². The molecule has 7 nitrogen and oxygen atoms in total. The second-order valence-corrected chi connectivity index (χ2v) is 6.00. The van der Waals surface area contributed by atoms with Crippen molar-refractivity contribution in [3.8, 4) is 5.69 Å². The van der Waals surface area contributed by atoms with E-state index < -0.39 is 5.97 Å². The van der Waals surface area contributed by atoms with Crippen LogP contribution in [0, 0.1) is 12.7 Å². The number of amides is 1. The van der Waals surface area contributed by atoms with Crippen LogP contribution in [0.1, 0.15) is 19.5 Å². The summed E-state index contributed by atoms with van der Waals surface area (Å²) in [4.78, 5) is 24.8. The maximum Gasteiger partial charge on any atom is 0.317 e. The zero-order valence-corrected chi connectivity index (χ0v) is 14.4. The van der Waals surface area contributed by atoms with E-state index in [4.69, 9.17) is 5.11 Å². The molecule has 0 fully saturated rings. The average molecular weight is 348 g/mol. The Morgan fingerprint density at radius 2 is 1.92 bits per heavy atom. The first-order valence-electron chi connectivity index (χ1n) is 7.84. The van der Waals surface area contributed by atoms with E-state index >= 15 is 0 Å². The van der Waals surface area contributed by atoms with Crippen molar-refractivity contribution in [1.29, 1.82) is 0 Å². The Kier molecular flexibility index (Phi) is 5.87. The maximum absolute atomic E-state index is 13.1. The van der Waals surface area contributed by atoms with Crippen molar-refractivity contribution < 1.29 is 19.1 Å². The predicted molar refractivity (Wildman–Crippen MR) is 91.2 cm³/mol. The molecule has 1 heterocycles. The number of anilines is 1. The minimum atomic E-state index is -0.992. The Hall–Kier alpha value is -2.74. The minimum absolute atomic E-state index is 0.0579. The molecule has 25 heavy (non-hydrogen) atoms. The lowest BCUT2D eigenvalue weighted by molar-refractivity contribution is -0.139. The average Bonchev–Trinajstić information content (AvgIpc) is 2.87. The third-order valence-corrected chi connectivity index (χ3v) is 3.59. The molecule has 0 saturated heterocycles. The van der Waals surface area contributed by atoms with Crippen molar-refractivity contribution >= 4 is 17.7 Å². The van der Waals surface area contributed by atoms with Gasteiger partial charge in [-0.15, -0.1) is 0 Å². The normalized spacial score (nSPS) is 11.1. The summed E-state index contributed by atoms with van der Waals surface area (Å²) >= 11 is 0. The molecule has 134 valence electrons. The fourth-order valence-corrected chi connectivity index (χ4v) is 2.33. The SMILES string of the molecule is Cc1cc(NC(=O)CN(CC(=O)O)C(C)C)n(-c2ccc(F)cc2)n1. The Balaban J connectivity index is 2.15. The maximum atomic E-state index is 13.1. The van der Waals surface area contributed by atoms with Crippen LogP contribution in [0.4, 0.5) is 10.2 Å². The van der Waals surface area contributed by atoms with Gasteiger partial charge in [0, 0.05) is 12.1 Å². The number of nitrogens with zero attached hydrogens (tertiary/aromatic N) is 3. The highest BCUT2D eigenvalue weighted by Gasteiger charge is 2.18. The van der Waals surface area contributed by atoms with Gasteiger partial charge in [0.15, 0.2) is 0 Å². The summed E-state index contributed by atoms with van der Waals surface area (Å²) in [6, 6.07) is 7.34. The summed E-state index contributed by atoms with van der Waals surface area (Å²) in [6.07, 6.45) is 0. The number of carbonyl (C=O) groups excluding carboxylic acids is 1. The number of benzene rings is 1. The molecule has 0 aliphatic rings. The highest BCUT2D eigenvalue weighted by atomic mass is 19.1. The number of aromatic nitrogens is 2. The second kappa shape index (κ2) is 7.89. The van der Waals surface area contributed by atoms with E-state index in [9.17, 15) is 14.0 Å². The van der Waals surface area contributed by atoms with Crippen LogP contribution >= 0.6 is 0 Å².